The van der Waals surface area contributed by atoms with Crippen LogP contribution in [0.3, 0.4) is 0 Å². The number of hydrogen-bond acceptors (Lipinski definition) is 6. The van der Waals surface area contributed by atoms with Crippen LogP contribution in [-0.4, -0.2) is 78.9 Å². The maximum Gasteiger partial charge on any atom is 0.411 e. The fourth-order valence-corrected chi connectivity index (χ4v) is 4.44. The second kappa shape index (κ2) is 11.0. The number of likely N-dealkylation sites (tertiary alicyclic amines) is 2. The van der Waals surface area contributed by atoms with Crippen molar-refractivity contribution < 1.29 is 28.6 Å². The van der Waals surface area contributed by atoms with Crippen molar-refractivity contribution in [2.45, 2.75) is 64.2 Å². The lowest BCUT2D eigenvalue weighted by atomic mass is 9.90. The van der Waals surface area contributed by atoms with Crippen molar-refractivity contribution in [3.05, 3.63) is 35.9 Å². The molecule has 8 heteroatoms. The SMILES string of the molecule is COC(=O)CO[C@@H]1C[C@@H](C(=O)N2CCC(Cc3ccccc3)CC2)N(C(=O)OC(C)(C)C)C1. The molecule has 0 spiro atoms. The Hall–Kier alpha value is -2.61. The third-order valence-electron chi connectivity index (χ3n) is 6.13. The van der Waals surface area contributed by atoms with Gasteiger partial charge in [0.05, 0.1) is 19.8 Å². The van der Waals surface area contributed by atoms with Crippen LogP contribution in [0.4, 0.5) is 4.79 Å². The second-order valence-electron chi connectivity index (χ2n) is 9.85. The molecule has 2 atom stereocenters. The molecule has 0 aliphatic carbocycles. The van der Waals surface area contributed by atoms with Crippen molar-refractivity contribution in [3.63, 3.8) is 0 Å². The zero-order valence-electron chi connectivity index (χ0n) is 20.1. The average Bonchev–Trinajstić information content (AvgIpc) is 3.21. The van der Waals surface area contributed by atoms with E-state index in [1.807, 2.05) is 11.0 Å². The van der Waals surface area contributed by atoms with Gasteiger partial charge in [0.2, 0.25) is 5.91 Å². The number of ether oxygens (including phenoxy) is 3. The highest BCUT2D eigenvalue weighted by Gasteiger charge is 2.44. The molecule has 3 rings (SSSR count). The van der Waals surface area contributed by atoms with Crippen LogP contribution in [0.5, 0.6) is 0 Å². The summed E-state index contributed by atoms with van der Waals surface area (Å²) in [5.74, 6) is -0.0320. The molecule has 0 radical (unpaired) electrons. The molecule has 33 heavy (non-hydrogen) atoms. The van der Waals surface area contributed by atoms with Gasteiger partial charge in [-0.1, -0.05) is 30.3 Å². The van der Waals surface area contributed by atoms with E-state index in [0.29, 0.717) is 25.4 Å². The first-order valence-corrected chi connectivity index (χ1v) is 11.7. The van der Waals surface area contributed by atoms with E-state index < -0.39 is 29.8 Å². The summed E-state index contributed by atoms with van der Waals surface area (Å²) in [6, 6.07) is 9.75. The summed E-state index contributed by atoms with van der Waals surface area (Å²) in [7, 11) is 1.29. The lowest BCUT2D eigenvalue weighted by molar-refractivity contribution is -0.147. The Labute approximate surface area is 196 Å². The molecule has 8 nitrogen and oxygen atoms in total. The number of rotatable bonds is 6. The number of methoxy groups -OCH3 is 1. The normalized spacial score (nSPS) is 21.7. The summed E-state index contributed by atoms with van der Waals surface area (Å²) < 4.78 is 15.8. The molecule has 1 aromatic rings. The molecule has 0 saturated carbocycles. The highest BCUT2D eigenvalue weighted by Crippen LogP contribution is 2.28. The first kappa shape index (κ1) is 25.0. The molecule has 2 heterocycles. The molecule has 2 fully saturated rings. The summed E-state index contributed by atoms with van der Waals surface area (Å²) >= 11 is 0. The van der Waals surface area contributed by atoms with Gasteiger partial charge in [0, 0.05) is 19.5 Å². The lowest BCUT2D eigenvalue weighted by Gasteiger charge is -2.35. The topological polar surface area (TPSA) is 85.4 Å². The summed E-state index contributed by atoms with van der Waals surface area (Å²) in [4.78, 5) is 41.0. The molecule has 2 saturated heterocycles. The number of esters is 1. The van der Waals surface area contributed by atoms with Gasteiger partial charge in [0.25, 0.3) is 0 Å². The predicted octanol–water partition coefficient (Wildman–Crippen LogP) is 3.04. The molecular formula is C25H36N2O6. The van der Waals surface area contributed by atoms with Crippen molar-refractivity contribution in [3.8, 4) is 0 Å². The van der Waals surface area contributed by atoms with Crippen LogP contribution in [0.25, 0.3) is 0 Å². The molecule has 0 aromatic heterocycles. The van der Waals surface area contributed by atoms with E-state index in [1.165, 1.54) is 17.6 Å². The fourth-order valence-electron chi connectivity index (χ4n) is 4.44. The second-order valence-corrected chi connectivity index (χ2v) is 9.85. The van der Waals surface area contributed by atoms with E-state index in [9.17, 15) is 14.4 Å². The van der Waals surface area contributed by atoms with Gasteiger partial charge < -0.3 is 19.1 Å². The molecule has 0 unspecified atom stereocenters. The predicted molar refractivity (Wildman–Crippen MR) is 123 cm³/mol. The molecule has 2 aliphatic heterocycles. The van der Waals surface area contributed by atoms with E-state index in [2.05, 4.69) is 29.0 Å². The molecule has 0 bridgehead atoms. The number of carbonyl (C=O) groups excluding carboxylic acids is 3. The Morgan fingerprint density at radius 3 is 2.33 bits per heavy atom. The monoisotopic (exact) mass is 460 g/mol. The van der Waals surface area contributed by atoms with Crippen LogP contribution in [-0.2, 0) is 30.2 Å². The fraction of sp³-hybridized carbons (Fsp3) is 0.640. The van der Waals surface area contributed by atoms with E-state index in [1.54, 1.807) is 20.8 Å². The highest BCUT2D eigenvalue weighted by atomic mass is 16.6. The van der Waals surface area contributed by atoms with Crippen molar-refractivity contribution in [2.24, 2.45) is 5.92 Å². The minimum Gasteiger partial charge on any atom is -0.467 e. The van der Waals surface area contributed by atoms with Crippen molar-refractivity contribution in [2.75, 3.05) is 33.4 Å². The van der Waals surface area contributed by atoms with Crippen molar-refractivity contribution in [1.29, 1.82) is 0 Å². The number of carbonyl (C=O) groups is 3. The molecule has 2 aliphatic rings. The van der Waals surface area contributed by atoms with Crippen LogP contribution < -0.4 is 0 Å². The lowest BCUT2D eigenvalue weighted by Crippen LogP contribution is -2.51. The summed E-state index contributed by atoms with van der Waals surface area (Å²) in [6.07, 6.45) is 2.24. The quantitative estimate of drug-likeness (QED) is 0.607. The van der Waals surface area contributed by atoms with Crippen LogP contribution in [0.2, 0.25) is 0 Å². The Balaban J connectivity index is 1.61. The van der Waals surface area contributed by atoms with Crippen LogP contribution in [0.1, 0.15) is 45.6 Å². The van der Waals surface area contributed by atoms with Gasteiger partial charge in [-0.05, 0) is 51.5 Å². The smallest absolute Gasteiger partial charge is 0.411 e. The van der Waals surface area contributed by atoms with Crippen LogP contribution >= 0.6 is 0 Å². The van der Waals surface area contributed by atoms with E-state index in [4.69, 9.17) is 9.47 Å². The number of amides is 2. The van der Waals surface area contributed by atoms with Gasteiger partial charge >= 0.3 is 12.1 Å². The van der Waals surface area contributed by atoms with Crippen molar-refractivity contribution in [1.82, 2.24) is 9.80 Å². The Bertz CT molecular complexity index is 814. The third-order valence-corrected chi connectivity index (χ3v) is 6.13. The summed E-state index contributed by atoms with van der Waals surface area (Å²) in [6.45, 7) is 6.70. The van der Waals surface area contributed by atoms with Gasteiger partial charge in [-0.25, -0.2) is 9.59 Å². The van der Waals surface area contributed by atoms with Gasteiger partial charge in [0.1, 0.15) is 18.2 Å². The van der Waals surface area contributed by atoms with E-state index >= 15 is 0 Å². The van der Waals surface area contributed by atoms with Crippen molar-refractivity contribution >= 4 is 18.0 Å². The zero-order valence-corrected chi connectivity index (χ0v) is 20.1. The number of benzene rings is 1. The largest absolute Gasteiger partial charge is 0.467 e. The Kier molecular flexibility index (Phi) is 8.35. The van der Waals surface area contributed by atoms with E-state index in [-0.39, 0.29) is 19.1 Å². The maximum atomic E-state index is 13.4. The Morgan fingerprint density at radius 1 is 1.06 bits per heavy atom. The summed E-state index contributed by atoms with van der Waals surface area (Å²) in [5, 5.41) is 0. The highest BCUT2D eigenvalue weighted by molar-refractivity contribution is 5.86. The van der Waals surface area contributed by atoms with Gasteiger partial charge in [-0.15, -0.1) is 0 Å². The standard InChI is InChI=1S/C25H36N2O6/c1-25(2,3)33-24(30)27-16-20(32-17-22(28)31-4)15-21(27)23(29)26-12-10-19(11-13-26)14-18-8-6-5-7-9-18/h5-9,19-21H,10-17H2,1-4H3/t20-,21+/m1/s1. The number of hydrogen-bond donors (Lipinski definition) is 0. The maximum absolute atomic E-state index is 13.4. The van der Waals surface area contributed by atoms with Gasteiger partial charge in [0.15, 0.2) is 0 Å². The average molecular weight is 461 g/mol. The minimum atomic E-state index is -0.675. The minimum absolute atomic E-state index is 0.0804. The Morgan fingerprint density at radius 2 is 1.73 bits per heavy atom. The third kappa shape index (κ3) is 7.19. The van der Waals surface area contributed by atoms with E-state index in [0.717, 1.165) is 19.3 Å². The van der Waals surface area contributed by atoms with Crippen LogP contribution in [0, 0.1) is 5.92 Å². The molecular weight excluding hydrogens is 424 g/mol. The first-order valence-electron chi connectivity index (χ1n) is 11.7. The summed E-state index contributed by atoms with van der Waals surface area (Å²) in [5.41, 5.74) is 0.644. The molecule has 2 amide bonds. The molecule has 1 aromatic carbocycles. The molecule has 0 N–H and O–H groups in total. The number of piperidine rings is 1. The van der Waals surface area contributed by atoms with Gasteiger partial charge in [-0.3, -0.25) is 9.69 Å². The van der Waals surface area contributed by atoms with Crippen LogP contribution in [0.15, 0.2) is 30.3 Å². The molecule has 182 valence electrons. The zero-order chi connectivity index (χ0) is 24.0. The number of nitrogens with zero attached hydrogens (tertiary/aromatic N) is 2. The van der Waals surface area contributed by atoms with Gasteiger partial charge in [-0.2, -0.15) is 0 Å². The first-order chi connectivity index (χ1) is 15.7.